The van der Waals surface area contributed by atoms with Gasteiger partial charge in [0.2, 0.25) is 0 Å². The first kappa shape index (κ1) is 31.9. The van der Waals surface area contributed by atoms with Crippen LogP contribution in [0.4, 0.5) is 0 Å². The molecule has 0 amide bonds. The number of rotatable bonds is 5. The van der Waals surface area contributed by atoms with Gasteiger partial charge in [0, 0.05) is 11.8 Å². The Kier molecular flexibility index (Phi) is 7.84. The van der Waals surface area contributed by atoms with Crippen LogP contribution in [0.25, 0.3) is 50.0 Å². The molecule has 4 bridgehead atoms. The molecule has 2 aliphatic carbocycles. The first-order valence-corrected chi connectivity index (χ1v) is 19.2. The molecule has 0 saturated heterocycles. The Morgan fingerprint density at radius 3 is 2.28 bits per heavy atom. The van der Waals surface area contributed by atoms with Crippen molar-refractivity contribution in [1.82, 2.24) is 18.5 Å². The normalized spacial score (nSPS) is 12.8. The molecule has 4 aliphatic rings. The molecule has 5 aromatic carbocycles. The summed E-state index contributed by atoms with van der Waals surface area (Å²) in [4.78, 5) is 4.98. The third-order valence-electron chi connectivity index (χ3n) is 10.5. The Hall–Kier alpha value is -5.77. The van der Waals surface area contributed by atoms with Gasteiger partial charge in [-0.25, -0.2) is 0 Å². The summed E-state index contributed by atoms with van der Waals surface area (Å²) < 4.78 is 14.5. The van der Waals surface area contributed by atoms with E-state index in [1.54, 1.807) is 0 Å². The molecular weight excluding hydrogens is 832 g/mol. The third kappa shape index (κ3) is 5.68. The van der Waals surface area contributed by atoms with E-state index >= 15 is 0 Å². The van der Waals surface area contributed by atoms with Crippen LogP contribution in [-0.2, 0) is 45.0 Å². The zero-order valence-electron chi connectivity index (χ0n) is 29.1. The minimum Gasteiger partial charge on any atom is -0.0622 e. The summed E-state index contributed by atoms with van der Waals surface area (Å²) in [5, 5.41) is 2.25. The van der Waals surface area contributed by atoms with Gasteiger partial charge in [0.15, 0.2) is 0 Å². The number of imidazole rings is 1. The molecule has 0 fully saturated rings. The smallest absolute Gasteiger partial charge is 0.0622 e. The fraction of sp³-hybridized carbons (Fsp3) is 0.106. The van der Waals surface area contributed by atoms with E-state index in [9.17, 15) is 0 Å². The van der Waals surface area contributed by atoms with Crippen molar-refractivity contribution in [1.29, 1.82) is 0 Å². The van der Waals surface area contributed by atoms with Crippen LogP contribution in [-0.4, -0.2) is 18.5 Å². The van der Waals surface area contributed by atoms with E-state index in [0.717, 1.165) is 79.5 Å². The maximum atomic E-state index is 6.55. The van der Waals surface area contributed by atoms with Crippen molar-refractivity contribution in [3.63, 3.8) is 0 Å². The van der Waals surface area contributed by atoms with Crippen molar-refractivity contribution in [2.24, 2.45) is 0 Å². The molecular formula is C47H34N4OPt-2. The number of para-hydroxylation sites is 1. The number of ether oxygens (including phenoxy) is 1. The summed E-state index contributed by atoms with van der Waals surface area (Å²) in [6.45, 7) is 2.15. The zero-order chi connectivity index (χ0) is 35.5. The SMILES string of the molecule is Cc1cc(-n2c3[c-]c(Oc4[c-]c(-n5cc6c7ccc(n6[c]5=[Pt])CCc5ccc(cc5)CC7)ccc4)ccc3c3ccccc32)ncc1-c1ccccc1. The summed E-state index contributed by atoms with van der Waals surface area (Å²) >= 11 is 2.46. The van der Waals surface area contributed by atoms with Crippen LogP contribution in [0.1, 0.15) is 27.9 Å². The zero-order valence-corrected chi connectivity index (χ0v) is 31.4. The van der Waals surface area contributed by atoms with Gasteiger partial charge in [0.1, 0.15) is 0 Å². The molecule has 0 spiro atoms. The predicted octanol–water partition coefficient (Wildman–Crippen LogP) is 10.6. The molecule has 6 heteroatoms. The maximum absolute atomic E-state index is 6.55. The average Bonchev–Trinajstić information content (AvgIpc) is 3.71. The minimum absolute atomic E-state index is 0.622. The van der Waals surface area contributed by atoms with Gasteiger partial charge in [0.25, 0.3) is 0 Å². The number of benzene rings is 5. The van der Waals surface area contributed by atoms with Crippen LogP contribution in [0.15, 0.2) is 140 Å². The third-order valence-corrected chi connectivity index (χ3v) is 11.6. The van der Waals surface area contributed by atoms with E-state index in [-0.39, 0.29) is 0 Å². The number of pyridine rings is 2. The number of hydrogen-bond donors (Lipinski definition) is 0. The fourth-order valence-electron chi connectivity index (χ4n) is 7.78. The molecule has 0 atom stereocenters. The molecule has 4 aromatic heterocycles. The van der Waals surface area contributed by atoms with Gasteiger partial charge in [-0.2, -0.15) is 0 Å². The first-order chi connectivity index (χ1) is 26.1. The summed E-state index contributed by atoms with van der Waals surface area (Å²) in [6.07, 6.45) is 8.21. The van der Waals surface area contributed by atoms with Gasteiger partial charge in [-0.3, -0.25) is 0 Å². The first-order valence-electron chi connectivity index (χ1n) is 18.0. The van der Waals surface area contributed by atoms with Crippen LogP contribution in [0.3, 0.4) is 0 Å². The van der Waals surface area contributed by atoms with Crippen LogP contribution in [0.2, 0.25) is 0 Å². The Labute approximate surface area is 318 Å². The van der Waals surface area contributed by atoms with Crippen LogP contribution in [0.5, 0.6) is 11.5 Å². The molecule has 9 aromatic rings. The van der Waals surface area contributed by atoms with Crippen molar-refractivity contribution >= 4 is 27.3 Å². The number of aromatic nitrogens is 4. The second-order valence-corrected chi connectivity index (χ2v) is 14.8. The molecule has 0 unspecified atom stereocenters. The van der Waals surface area contributed by atoms with E-state index in [4.69, 9.17) is 9.72 Å². The van der Waals surface area contributed by atoms with Gasteiger partial charge in [-0.15, -0.1) is 0 Å². The molecule has 13 rings (SSSR count). The number of hydrogen-bond acceptors (Lipinski definition) is 2. The Balaban J connectivity index is 1.02. The molecule has 2 aliphatic heterocycles. The van der Waals surface area contributed by atoms with Crippen molar-refractivity contribution in [3.05, 3.63) is 184 Å². The van der Waals surface area contributed by atoms with Crippen LogP contribution in [0, 0.1) is 22.9 Å². The van der Waals surface area contributed by atoms with E-state index in [1.165, 1.54) is 27.9 Å². The monoisotopic (exact) mass is 865 g/mol. The number of aryl methyl sites for hydroxylation is 5. The van der Waals surface area contributed by atoms with Gasteiger partial charge < -0.3 is 0 Å². The van der Waals surface area contributed by atoms with Crippen molar-refractivity contribution in [3.8, 4) is 34.1 Å². The summed E-state index contributed by atoms with van der Waals surface area (Å²) in [7, 11) is 0. The van der Waals surface area contributed by atoms with Gasteiger partial charge in [0.05, 0.1) is 0 Å². The summed E-state index contributed by atoms with van der Waals surface area (Å²) in [5.74, 6) is 2.10. The van der Waals surface area contributed by atoms with Crippen LogP contribution < -0.4 is 4.74 Å². The van der Waals surface area contributed by atoms with Crippen LogP contribution >= 0.6 is 0 Å². The molecule has 260 valence electrons. The van der Waals surface area contributed by atoms with E-state index < -0.39 is 0 Å². The molecule has 0 saturated carbocycles. The Morgan fingerprint density at radius 2 is 1.45 bits per heavy atom. The van der Waals surface area contributed by atoms with Gasteiger partial charge in [-0.05, 0) is 18.1 Å². The van der Waals surface area contributed by atoms with Crippen molar-refractivity contribution in [2.75, 3.05) is 0 Å². The number of fused-ring (bicyclic) bond motifs is 3. The van der Waals surface area contributed by atoms with E-state index in [1.807, 2.05) is 30.5 Å². The number of nitrogens with zero attached hydrogens (tertiary/aromatic N) is 4. The summed E-state index contributed by atoms with van der Waals surface area (Å²) in [5.41, 5.74) is 13.0. The molecule has 5 nitrogen and oxygen atoms in total. The van der Waals surface area contributed by atoms with Gasteiger partial charge >= 0.3 is 248 Å². The quantitative estimate of drug-likeness (QED) is 0.162. The fourth-order valence-corrected chi connectivity index (χ4v) is 8.80. The summed E-state index contributed by atoms with van der Waals surface area (Å²) in [6, 6.07) is 52.2. The second kappa shape index (κ2) is 13.0. The average molecular weight is 866 g/mol. The standard InChI is InChI=1S/C47H34N4O.Pt/c1-32-26-47(48-29-43(32)35-8-3-2-4-9-35)51-44-13-6-5-12-41(44)42-25-24-40(28-45(42)51)52-39-11-7-10-38(27-39)49-30-46-36-20-18-33-14-16-34(17-15-33)19-22-37(23-21-36)50(46)31-49;/h2-17,21,23-26,29-30H,18-20,22H2,1H3;/q-2;. The van der Waals surface area contributed by atoms with Gasteiger partial charge in [-0.1, -0.05) is 42.5 Å². The topological polar surface area (TPSA) is 36.4 Å². The second-order valence-electron chi connectivity index (χ2n) is 13.8. The van der Waals surface area contributed by atoms with Crippen molar-refractivity contribution < 1.29 is 24.1 Å². The molecule has 0 radical (unpaired) electrons. The van der Waals surface area contributed by atoms with Crippen molar-refractivity contribution in [2.45, 2.75) is 32.6 Å². The molecule has 6 heterocycles. The van der Waals surface area contributed by atoms with E-state index in [0.29, 0.717) is 11.5 Å². The van der Waals surface area contributed by atoms with E-state index in [2.05, 4.69) is 161 Å². The Morgan fingerprint density at radius 1 is 0.679 bits per heavy atom. The predicted molar refractivity (Wildman–Crippen MR) is 208 cm³/mol. The molecule has 53 heavy (non-hydrogen) atoms. The minimum atomic E-state index is 0.622. The Bertz CT molecular complexity index is 2900. The molecule has 0 N–H and O–H groups in total.